The number of ether oxygens (including phenoxy) is 1. The molecule has 0 saturated carbocycles. The van der Waals surface area contributed by atoms with Gasteiger partial charge in [0.25, 0.3) is 5.24 Å². The number of thioether (sulfide) groups is 1. The Bertz CT molecular complexity index is 838. The summed E-state index contributed by atoms with van der Waals surface area (Å²) in [4.78, 5) is 35.3. The molecule has 1 unspecified atom stereocenters. The molecule has 1 fully saturated rings. The first-order chi connectivity index (χ1) is 12.5. The lowest BCUT2D eigenvalue weighted by molar-refractivity contribution is -0.117. The zero-order valence-electron chi connectivity index (χ0n) is 13.7. The average molecular weight is 390 g/mol. The van der Waals surface area contributed by atoms with Crippen LogP contribution in [0.3, 0.4) is 0 Å². The van der Waals surface area contributed by atoms with E-state index in [2.05, 4.69) is 5.32 Å². The van der Waals surface area contributed by atoms with Crippen LogP contribution >= 0.6 is 23.4 Å². The predicted octanol–water partition coefficient (Wildman–Crippen LogP) is 3.54. The topological polar surface area (TPSA) is 72.5 Å². The van der Waals surface area contributed by atoms with Gasteiger partial charge in [-0.15, -0.1) is 0 Å². The summed E-state index contributed by atoms with van der Waals surface area (Å²) in [5.41, 5.74) is 1.43. The van der Waals surface area contributed by atoms with Crippen LogP contribution in [0.25, 0.3) is 0 Å². The molecular formula is C19H16ClNO4S. The maximum Gasteiger partial charge on any atom is 0.280 e. The lowest BCUT2D eigenvalue weighted by atomic mass is 10.1. The van der Waals surface area contributed by atoms with E-state index in [9.17, 15) is 14.4 Å². The molecule has 7 heteroatoms. The molecule has 2 aromatic rings. The van der Waals surface area contributed by atoms with Gasteiger partial charge in [-0.25, -0.2) is 0 Å². The second-order valence-corrected chi connectivity index (χ2v) is 7.40. The number of nitrogens with one attached hydrogen (secondary N) is 1. The molecule has 0 spiro atoms. The zero-order chi connectivity index (χ0) is 18.5. The predicted molar refractivity (Wildman–Crippen MR) is 101 cm³/mol. The van der Waals surface area contributed by atoms with E-state index in [1.54, 1.807) is 36.4 Å². The Kier molecular flexibility index (Phi) is 5.96. The Balaban J connectivity index is 1.55. The Hall–Kier alpha value is -2.31. The summed E-state index contributed by atoms with van der Waals surface area (Å²) in [5.74, 6) is 0.415. The van der Waals surface area contributed by atoms with Gasteiger partial charge in [0.2, 0.25) is 0 Å². The first kappa shape index (κ1) is 18.5. The van der Waals surface area contributed by atoms with Gasteiger partial charge >= 0.3 is 0 Å². The molecule has 1 N–H and O–H groups in total. The van der Waals surface area contributed by atoms with E-state index in [-0.39, 0.29) is 35.2 Å². The van der Waals surface area contributed by atoms with E-state index < -0.39 is 0 Å². The molecule has 1 aliphatic heterocycles. The summed E-state index contributed by atoms with van der Waals surface area (Å²) in [6.45, 7) is 0.000131. The summed E-state index contributed by atoms with van der Waals surface area (Å²) in [7, 11) is 0. The summed E-state index contributed by atoms with van der Waals surface area (Å²) in [5, 5.41) is 2.49. The Morgan fingerprint density at radius 1 is 1.19 bits per heavy atom. The standard InChI is InChI=1S/C19H16ClNO4S/c20-14-3-1-2-13(9-14)17(23)11-25-15-6-4-12(5-7-15)8-18-16(22)10-21-19(24)26-18/h1-7,9,18H,8,10-11H2,(H,21,24). The van der Waals surface area contributed by atoms with Crippen LogP contribution in [0, 0.1) is 0 Å². The van der Waals surface area contributed by atoms with Crippen molar-refractivity contribution in [2.24, 2.45) is 0 Å². The fraction of sp³-hybridized carbons (Fsp3) is 0.211. The Morgan fingerprint density at radius 2 is 1.96 bits per heavy atom. The minimum Gasteiger partial charge on any atom is -0.485 e. The van der Waals surface area contributed by atoms with E-state index in [0.717, 1.165) is 17.3 Å². The first-order valence-electron chi connectivity index (χ1n) is 7.99. The zero-order valence-corrected chi connectivity index (χ0v) is 15.3. The van der Waals surface area contributed by atoms with Gasteiger partial charge < -0.3 is 10.1 Å². The van der Waals surface area contributed by atoms with Gasteiger partial charge in [-0.2, -0.15) is 0 Å². The molecule has 1 saturated heterocycles. The highest BCUT2D eigenvalue weighted by Crippen LogP contribution is 2.22. The van der Waals surface area contributed by atoms with Crippen LogP contribution < -0.4 is 10.1 Å². The third-order valence-corrected chi connectivity index (χ3v) is 5.18. The van der Waals surface area contributed by atoms with Gasteiger partial charge in [-0.1, -0.05) is 47.6 Å². The summed E-state index contributed by atoms with van der Waals surface area (Å²) >= 11 is 6.90. The molecule has 26 heavy (non-hydrogen) atoms. The van der Waals surface area contributed by atoms with Crippen molar-refractivity contribution in [2.45, 2.75) is 11.7 Å². The summed E-state index contributed by atoms with van der Waals surface area (Å²) < 4.78 is 5.52. The number of ketones is 2. The largest absolute Gasteiger partial charge is 0.485 e. The third kappa shape index (κ3) is 4.86. The van der Waals surface area contributed by atoms with Gasteiger partial charge in [0, 0.05) is 10.6 Å². The van der Waals surface area contributed by atoms with Gasteiger partial charge in [0.1, 0.15) is 5.75 Å². The molecule has 134 valence electrons. The second-order valence-electron chi connectivity index (χ2n) is 5.78. The van der Waals surface area contributed by atoms with Gasteiger partial charge in [-0.05, 0) is 36.2 Å². The fourth-order valence-corrected chi connectivity index (χ4v) is 3.59. The van der Waals surface area contributed by atoms with Gasteiger partial charge in [-0.3, -0.25) is 14.4 Å². The van der Waals surface area contributed by atoms with Crippen molar-refractivity contribution in [1.82, 2.24) is 5.32 Å². The molecule has 3 rings (SSSR count). The number of halogens is 1. The van der Waals surface area contributed by atoms with Crippen LogP contribution in [-0.4, -0.2) is 35.2 Å². The highest BCUT2D eigenvalue weighted by molar-refractivity contribution is 8.14. The van der Waals surface area contributed by atoms with Crippen LogP contribution in [0.2, 0.25) is 5.02 Å². The molecule has 0 aliphatic carbocycles. The van der Waals surface area contributed by atoms with Gasteiger partial charge in [0.05, 0.1) is 11.8 Å². The lowest BCUT2D eigenvalue weighted by Gasteiger charge is -2.20. The molecular weight excluding hydrogens is 374 g/mol. The van der Waals surface area contributed by atoms with Crippen LogP contribution in [0.1, 0.15) is 15.9 Å². The Labute approximate surface area is 160 Å². The van der Waals surface area contributed by atoms with Crippen LogP contribution in [0.15, 0.2) is 48.5 Å². The summed E-state index contributed by atoms with van der Waals surface area (Å²) in [6, 6.07) is 13.9. The number of Topliss-reactive ketones (excluding diaryl/α,β-unsaturated/α-hetero) is 2. The average Bonchev–Trinajstić information content (AvgIpc) is 2.64. The van der Waals surface area contributed by atoms with Crippen LogP contribution in [0.4, 0.5) is 4.79 Å². The van der Waals surface area contributed by atoms with E-state index >= 15 is 0 Å². The van der Waals surface area contributed by atoms with Crippen molar-refractivity contribution in [2.75, 3.05) is 13.2 Å². The fourth-order valence-electron chi connectivity index (χ4n) is 2.50. The second kappa shape index (κ2) is 8.38. The van der Waals surface area contributed by atoms with E-state index in [1.165, 1.54) is 0 Å². The molecule has 1 atom stereocenters. The maximum atomic E-state index is 12.1. The Morgan fingerprint density at radius 3 is 2.69 bits per heavy atom. The summed E-state index contributed by atoms with van der Waals surface area (Å²) in [6.07, 6.45) is 0.485. The van der Waals surface area contributed by atoms with Crippen LogP contribution in [-0.2, 0) is 11.2 Å². The number of rotatable bonds is 6. The molecule has 2 aromatic carbocycles. The number of hydrogen-bond donors (Lipinski definition) is 1. The third-order valence-electron chi connectivity index (χ3n) is 3.88. The number of hydrogen-bond acceptors (Lipinski definition) is 5. The van der Waals surface area contributed by atoms with E-state index in [4.69, 9.17) is 16.3 Å². The quantitative estimate of drug-likeness (QED) is 0.765. The number of benzene rings is 2. The monoisotopic (exact) mass is 389 g/mol. The highest BCUT2D eigenvalue weighted by atomic mass is 35.5. The number of carbonyl (C=O) groups is 3. The molecule has 0 aromatic heterocycles. The van der Waals surface area contributed by atoms with Crippen molar-refractivity contribution >= 4 is 40.2 Å². The SMILES string of the molecule is O=C1NCC(=O)C(Cc2ccc(OCC(=O)c3cccc(Cl)c3)cc2)S1. The van der Waals surface area contributed by atoms with E-state index in [0.29, 0.717) is 22.8 Å². The van der Waals surface area contributed by atoms with Crippen molar-refractivity contribution in [3.63, 3.8) is 0 Å². The first-order valence-corrected chi connectivity index (χ1v) is 9.25. The molecule has 1 aliphatic rings. The number of amides is 1. The smallest absolute Gasteiger partial charge is 0.280 e. The minimum absolute atomic E-state index is 0.0158. The molecule has 1 heterocycles. The normalized spacial score (nSPS) is 16.9. The highest BCUT2D eigenvalue weighted by Gasteiger charge is 2.27. The van der Waals surface area contributed by atoms with Crippen LogP contribution in [0.5, 0.6) is 5.75 Å². The van der Waals surface area contributed by atoms with Crippen molar-refractivity contribution < 1.29 is 19.1 Å². The van der Waals surface area contributed by atoms with E-state index in [1.807, 2.05) is 12.1 Å². The molecule has 0 bridgehead atoms. The minimum atomic E-state index is -0.361. The molecule has 0 radical (unpaired) electrons. The van der Waals surface area contributed by atoms with Crippen molar-refractivity contribution in [3.05, 3.63) is 64.7 Å². The molecule has 1 amide bonds. The van der Waals surface area contributed by atoms with Crippen molar-refractivity contribution in [3.8, 4) is 5.75 Å². The van der Waals surface area contributed by atoms with Gasteiger partial charge in [0.15, 0.2) is 18.2 Å². The van der Waals surface area contributed by atoms with Crippen molar-refractivity contribution in [1.29, 1.82) is 0 Å². The molecule has 5 nitrogen and oxygen atoms in total. The number of carbonyl (C=O) groups excluding carboxylic acids is 3. The maximum absolute atomic E-state index is 12.1. The lowest BCUT2D eigenvalue weighted by Crippen LogP contribution is -2.40.